The van der Waals surface area contributed by atoms with Gasteiger partial charge >= 0.3 is 0 Å². The van der Waals surface area contributed by atoms with Gasteiger partial charge in [0, 0.05) is 19.1 Å². The summed E-state index contributed by atoms with van der Waals surface area (Å²) >= 11 is 0. The Morgan fingerprint density at radius 3 is 3.00 bits per heavy atom. The highest BCUT2D eigenvalue weighted by molar-refractivity contribution is 4.94. The summed E-state index contributed by atoms with van der Waals surface area (Å²) in [5, 5.41) is 7.56. The first kappa shape index (κ1) is 14.0. The Morgan fingerprint density at radius 2 is 2.20 bits per heavy atom. The van der Waals surface area contributed by atoms with Gasteiger partial charge in [-0.25, -0.2) is 0 Å². The zero-order valence-corrected chi connectivity index (χ0v) is 12.2. The summed E-state index contributed by atoms with van der Waals surface area (Å²) in [4.78, 5) is 6.82. The molecule has 1 aliphatic heterocycles. The molecule has 0 bridgehead atoms. The van der Waals surface area contributed by atoms with Gasteiger partial charge < -0.3 is 14.6 Å². The maximum atomic E-state index is 5.74. The lowest BCUT2D eigenvalue weighted by atomic mass is 10.2. The summed E-state index contributed by atoms with van der Waals surface area (Å²) < 4.78 is 11.1. The van der Waals surface area contributed by atoms with Gasteiger partial charge in [0.15, 0.2) is 0 Å². The molecule has 6 nitrogen and oxygen atoms in total. The Labute approximate surface area is 119 Å². The number of hydrogen-bond donors (Lipinski definition) is 1. The second kappa shape index (κ2) is 6.65. The summed E-state index contributed by atoms with van der Waals surface area (Å²) in [6, 6.07) is 0.617. The van der Waals surface area contributed by atoms with Crippen LogP contribution in [0, 0.1) is 0 Å². The van der Waals surface area contributed by atoms with Crippen LogP contribution in [0.15, 0.2) is 4.52 Å². The molecule has 1 saturated heterocycles. The fourth-order valence-corrected chi connectivity index (χ4v) is 2.98. The highest BCUT2D eigenvalue weighted by atomic mass is 16.5. The largest absolute Gasteiger partial charge is 0.367 e. The molecular weight excluding hydrogens is 256 g/mol. The molecule has 1 aliphatic carbocycles. The first-order valence-corrected chi connectivity index (χ1v) is 7.75. The van der Waals surface area contributed by atoms with Gasteiger partial charge in [-0.3, -0.25) is 4.90 Å². The van der Waals surface area contributed by atoms with Gasteiger partial charge in [-0.15, -0.1) is 0 Å². The summed E-state index contributed by atoms with van der Waals surface area (Å²) in [6.07, 6.45) is 5.13. The highest BCUT2D eigenvalue weighted by Crippen LogP contribution is 2.20. The quantitative estimate of drug-likeness (QED) is 0.882. The van der Waals surface area contributed by atoms with Crippen molar-refractivity contribution >= 4 is 0 Å². The van der Waals surface area contributed by atoms with Gasteiger partial charge in [0.05, 0.1) is 13.2 Å². The molecule has 1 aromatic heterocycles. The molecule has 1 saturated carbocycles. The molecule has 0 spiro atoms. The molecule has 1 atom stereocenters. The van der Waals surface area contributed by atoms with Crippen molar-refractivity contribution < 1.29 is 9.26 Å². The lowest BCUT2D eigenvalue weighted by Gasteiger charge is -2.30. The van der Waals surface area contributed by atoms with Gasteiger partial charge in [-0.2, -0.15) is 4.98 Å². The summed E-state index contributed by atoms with van der Waals surface area (Å²) in [5.74, 6) is 1.36. The van der Waals surface area contributed by atoms with E-state index in [4.69, 9.17) is 9.26 Å². The van der Waals surface area contributed by atoms with Gasteiger partial charge in [0.2, 0.25) is 11.7 Å². The van der Waals surface area contributed by atoms with E-state index < -0.39 is 0 Å². The fraction of sp³-hybridized carbons (Fsp3) is 0.857. The molecule has 0 aromatic carbocycles. The molecule has 1 unspecified atom stereocenters. The topological polar surface area (TPSA) is 63.4 Å². The minimum atomic E-state index is -0.0484. The molecular formula is C14H24N4O2. The number of likely N-dealkylation sites (N-methyl/N-ethyl adjacent to an activating group) is 1. The lowest BCUT2D eigenvalue weighted by molar-refractivity contribution is -0.0334. The molecule has 2 fully saturated rings. The van der Waals surface area contributed by atoms with Crippen LogP contribution in [0.4, 0.5) is 0 Å². The molecule has 0 amide bonds. The predicted molar refractivity (Wildman–Crippen MR) is 74.2 cm³/mol. The number of aromatic nitrogens is 2. The van der Waals surface area contributed by atoms with Crippen molar-refractivity contribution in [3.8, 4) is 0 Å². The van der Waals surface area contributed by atoms with Crippen molar-refractivity contribution in [3.05, 3.63) is 11.7 Å². The Bertz CT molecular complexity index is 417. The first-order chi connectivity index (χ1) is 9.85. The Hall–Kier alpha value is -0.980. The van der Waals surface area contributed by atoms with Gasteiger partial charge in [0.1, 0.15) is 6.10 Å². The van der Waals surface area contributed by atoms with E-state index in [0.717, 1.165) is 26.2 Å². The Balaban J connectivity index is 1.53. The van der Waals surface area contributed by atoms with Crippen LogP contribution in [-0.2, 0) is 11.3 Å². The average Bonchev–Trinajstić information content (AvgIpc) is 3.16. The minimum absolute atomic E-state index is 0.0484. The van der Waals surface area contributed by atoms with E-state index >= 15 is 0 Å². The summed E-state index contributed by atoms with van der Waals surface area (Å²) in [5.41, 5.74) is 0. The van der Waals surface area contributed by atoms with E-state index in [1.807, 2.05) is 0 Å². The smallest absolute Gasteiger partial charge is 0.240 e. The van der Waals surface area contributed by atoms with E-state index in [9.17, 15) is 0 Å². The molecule has 0 radical (unpaired) electrons. The molecule has 1 N–H and O–H groups in total. The van der Waals surface area contributed by atoms with E-state index in [0.29, 0.717) is 24.3 Å². The Morgan fingerprint density at radius 1 is 1.35 bits per heavy atom. The van der Waals surface area contributed by atoms with Crippen LogP contribution in [-0.4, -0.2) is 47.3 Å². The van der Waals surface area contributed by atoms with E-state index in [1.165, 1.54) is 25.7 Å². The number of ether oxygens (including phenoxy) is 1. The fourth-order valence-electron chi connectivity index (χ4n) is 2.98. The van der Waals surface area contributed by atoms with Crippen molar-refractivity contribution in [2.75, 3.05) is 26.2 Å². The van der Waals surface area contributed by atoms with Crippen molar-refractivity contribution in [2.45, 2.75) is 51.3 Å². The number of morpholine rings is 1. The number of rotatable bonds is 5. The van der Waals surface area contributed by atoms with Crippen LogP contribution in [0.1, 0.15) is 50.4 Å². The van der Waals surface area contributed by atoms with Crippen molar-refractivity contribution in [1.29, 1.82) is 0 Å². The molecule has 6 heteroatoms. The standard InChI is InChI=1S/C14H24N4O2/c1-2-18-7-8-19-12(10-18)14-16-13(20-17-14)9-15-11-5-3-4-6-11/h11-12,15H,2-10H2,1H3. The SMILES string of the molecule is CCN1CCOC(c2noc(CNC3CCCC3)n2)C1. The van der Waals surface area contributed by atoms with Gasteiger partial charge in [0.25, 0.3) is 0 Å². The first-order valence-electron chi connectivity index (χ1n) is 7.75. The van der Waals surface area contributed by atoms with Crippen molar-refractivity contribution in [3.63, 3.8) is 0 Å². The van der Waals surface area contributed by atoms with E-state index in [2.05, 4.69) is 27.3 Å². The number of nitrogens with zero attached hydrogens (tertiary/aromatic N) is 3. The van der Waals surface area contributed by atoms with Crippen molar-refractivity contribution in [1.82, 2.24) is 20.4 Å². The molecule has 1 aromatic rings. The highest BCUT2D eigenvalue weighted by Gasteiger charge is 2.25. The molecule has 3 rings (SSSR count). The zero-order chi connectivity index (χ0) is 13.8. The van der Waals surface area contributed by atoms with Crippen LogP contribution in [0.2, 0.25) is 0 Å². The second-order valence-electron chi connectivity index (χ2n) is 5.66. The second-order valence-corrected chi connectivity index (χ2v) is 5.66. The zero-order valence-electron chi connectivity index (χ0n) is 12.2. The number of hydrogen-bond acceptors (Lipinski definition) is 6. The maximum absolute atomic E-state index is 5.74. The van der Waals surface area contributed by atoms with Gasteiger partial charge in [-0.1, -0.05) is 24.9 Å². The third kappa shape index (κ3) is 3.37. The third-order valence-corrected chi connectivity index (χ3v) is 4.27. The van der Waals surface area contributed by atoms with E-state index in [1.54, 1.807) is 0 Å². The molecule has 112 valence electrons. The maximum Gasteiger partial charge on any atom is 0.240 e. The lowest BCUT2D eigenvalue weighted by Crippen LogP contribution is -2.38. The average molecular weight is 280 g/mol. The van der Waals surface area contributed by atoms with Crippen LogP contribution in [0.5, 0.6) is 0 Å². The van der Waals surface area contributed by atoms with Crippen molar-refractivity contribution in [2.24, 2.45) is 0 Å². The minimum Gasteiger partial charge on any atom is -0.367 e. The van der Waals surface area contributed by atoms with Crippen LogP contribution in [0.3, 0.4) is 0 Å². The number of nitrogens with one attached hydrogen (secondary N) is 1. The summed E-state index contributed by atoms with van der Waals surface area (Å²) in [7, 11) is 0. The monoisotopic (exact) mass is 280 g/mol. The molecule has 2 aliphatic rings. The van der Waals surface area contributed by atoms with Gasteiger partial charge in [-0.05, 0) is 19.4 Å². The third-order valence-electron chi connectivity index (χ3n) is 4.27. The van der Waals surface area contributed by atoms with Crippen LogP contribution in [0.25, 0.3) is 0 Å². The Kier molecular flexibility index (Phi) is 4.65. The van der Waals surface area contributed by atoms with Crippen LogP contribution >= 0.6 is 0 Å². The van der Waals surface area contributed by atoms with Crippen LogP contribution < -0.4 is 5.32 Å². The van der Waals surface area contributed by atoms with E-state index in [-0.39, 0.29) is 6.10 Å². The normalized spacial score (nSPS) is 25.4. The summed E-state index contributed by atoms with van der Waals surface area (Å²) in [6.45, 7) is 6.44. The molecule has 20 heavy (non-hydrogen) atoms. The molecule has 2 heterocycles. The predicted octanol–water partition coefficient (Wildman–Crippen LogP) is 1.49.